The zero-order valence-corrected chi connectivity index (χ0v) is 13.8. The van der Waals surface area contributed by atoms with Crippen molar-refractivity contribution in [3.8, 4) is 0 Å². The van der Waals surface area contributed by atoms with Crippen LogP contribution in [0.5, 0.6) is 0 Å². The highest BCUT2D eigenvalue weighted by Crippen LogP contribution is 2.25. The number of imide groups is 1. The Hall–Kier alpha value is -2.32. The number of hydrogen-bond acceptors (Lipinski definition) is 4. The molecule has 9 heteroatoms. The average molecular weight is 352 g/mol. The van der Waals surface area contributed by atoms with Crippen molar-refractivity contribution >= 4 is 29.5 Å². The molecule has 0 radical (unpaired) electrons. The molecule has 2 atom stereocenters. The SMILES string of the molecule is CN1C(=O)NC(=O)C2C1NC(=NCCO)N2Cc1ccccc1Cl. The maximum Gasteiger partial charge on any atom is 0.325 e. The van der Waals surface area contributed by atoms with E-state index in [0.29, 0.717) is 17.5 Å². The molecule has 2 saturated heterocycles. The molecule has 0 aliphatic carbocycles. The molecular formula is C15H18ClN5O3. The molecule has 0 saturated carbocycles. The van der Waals surface area contributed by atoms with E-state index in [0.717, 1.165) is 5.56 Å². The van der Waals surface area contributed by atoms with E-state index in [9.17, 15) is 9.59 Å². The van der Waals surface area contributed by atoms with Crippen LogP contribution in [0.3, 0.4) is 0 Å². The number of guanidine groups is 1. The molecule has 8 nitrogen and oxygen atoms in total. The van der Waals surface area contributed by atoms with Gasteiger partial charge >= 0.3 is 6.03 Å². The Labute approximate surface area is 144 Å². The summed E-state index contributed by atoms with van der Waals surface area (Å²) in [5.74, 6) is 0.0625. The molecule has 2 aliphatic heterocycles. The number of urea groups is 1. The number of carbonyl (C=O) groups is 2. The summed E-state index contributed by atoms with van der Waals surface area (Å²) in [5.41, 5.74) is 0.839. The molecule has 0 aromatic heterocycles. The van der Waals surface area contributed by atoms with E-state index in [4.69, 9.17) is 16.7 Å². The molecule has 3 N–H and O–H groups in total. The molecule has 1 aromatic rings. The summed E-state index contributed by atoms with van der Waals surface area (Å²) in [6.45, 7) is 0.440. The Morgan fingerprint density at radius 1 is 1.33 bits per heavy atom. The standard InChI is InChI=1S/C15H18ClN5O3/c1-20-12-11(13(23)19-15(20)24)21(14(18-12)17-6-7-22)8-9-4-2-3-5-10(9)16/h2-5,11-12,22H,6-8H2,1H3,(H,17,18)(H,19,23,24). The minimum atomic E-state index is -0.624. The minimum absolute atomic E-state index is 0.110. The summed E-state index contributed by atoms with van der Waals surface area (Å²) in [7, 11) is 1.61. The molecule has 2 heterocycles. The van der Waals surface area contributed by atoms with E-state index in [1.54, 1.807) is 18.0 Å². The van der Waals surface area contributed by atoms with Crippen molar-refractivity contribution < 1.29 is 14.7 Å². The van der Waals surface area contributed by atoms with Crippen molar-refractivity contribution in [2.24, 2.45) is 4.99 Å². The first-order valence-corrected chi connectivity index (χ1v) is 7.90. The molecule has 24 heavy (non-hydrogen) atoms. The van der Waals surface area contributed by atoms with Gasteiger partial charge in [0.2, 0.25) is 0 Å². The number of aliphatic hydroxyl groups is 1. The Morgan fingerprint density at radius 2 is 2.08 bits per heavy atom. The summed E-state index contributed by atoms with van der Waals surface area (Å²) in [5, 5.41) is 15.0. The Morgan fingerprint density at radius 3 is 2.79 bits per heavy atom. The molecule has 0 bridgehead atoms. The van der Waals surface area contributed by atoms with Gasteiger partial charge in [0.1, 0.15) is 6.17 Å². The molecule has 2 aliphatic rings. The van der Waals surface area contributed by atoms with Gasteiger partial charge in [-0.2, -0.15) is 0 Å². The highest BCUT2D eigenvalue weighted by molar-refractivity contribution is 6.31. The van der Waals surface area contributed by atoms with Crippen LogP contribution in [0.2, 0.25) is 5.02 Å². The zero-order valence-electron chi connectivity index (χ0n) is 13.1. The molecule has 0 spiro atoms. The molecule has 3 rings (SSSR count). The predicted molar refractivity (Wildman–Crippen MR) is 88.4 cm³/mol. The van der Waals surface area contributed by atoms with Gasteiger partial charge in [0.15, 0.2) is 12.0 Å². The lowest BCUT2D eigenvalue weighted by Crippen LogP contribution is -2.64. The van der Waals surface area contributed by atoms with Crippen LogP contribution in [0.25, 0.3) is 0 Å². The van der Waals surface area contributed by atoms with Gasteiger partial charge in [-0.1, -0.05) is 29.8 Å². The third kappa shape index (κ3) is 2.90. The van der Waals surface area contributed by atoms with Crippen LogP contribution in [0, 0.1) is 0 Å². The number of nitrogens with one attached hydrogen (secondary N) is 2. The maximum absolute atomic E-state index is 12.4. The van der Waals surface area contributed by atoms with Gasteiger partial charge in [0, 0.05) is 18.6 Å². The molecule has 1 aromatic carbocycles. The quantitative estimate of drug-likeness (QED) is 0.708. The lowest BCUT2D eigenvalue weighted by molar-refractivity contribution is -0.127. The van der Waals surface area contributed by atoms with Gasteiger partial charge in [0.25, 0.3) is 5.91 Å². The third-order valence-corrected chi connectivity index (χ3v) is 4.45. The smallest absolute Gasteiger partial charge is 0.325 e. The van der Waals surface area contributed by atoms with Crippen molar-refractivity contribution in [3.05, 3.63) is 34.9 Å². The number of aliphatic imine (C=N–C) groups is 1. The van der Waals surface area contributed by atoms with Crippen LogP contribution in [-0.2, 0) is 11.3 Å². The number of carbonyl (C=O) groups excluding carboxylic acids is 2. The number of rotatable bonds is 4. The highest BCUT2D eigenvalue weighted by Gasteiger charge is 2.49. The van der Waals surface area contributed by atoms with E-state index < -0.39 is 24.1 Å². The largest absolute Gasteiger partial charge is 0.394 e. The number of hydrogen-bond donors (Lipinski definition) is 3. The number of likely N-dealkylation sites (N-methyl/N-ethyl adjacent to an activating group) is 1. The van der Waals surface area contributed by atoms with Crippen LogP contribution in [0.15, 0.2) is 29.3 Å². The lowest BCUT2D eigenvalue weighted by Gasteiger charge is -2.35. The van der Waals surface area contributed by atoms with E-state index >= 15 is 0 Å². The summed E-state index contributed by atoms with van der Waals surface area (Å²) in [6, 6.07) is 6.26. The molecule has 3 amide bonds. The Bertz CT molecular complexity index is 695. The second-order valence-corrected chi connectivity index (χ2v) is 5.99. The summed E-state index contributed by atoms with van der Waals surface area (Å²) >= 11 is 6.23. The topological polar surface area (TPSA) is 97.3 Å². The summed E-state index contributed by atoms with van der Waals surface area (Å²) in [6.07, 6.45) is -0.522. The van der Waals surface area contributed by atoms with Crippen LogP contribution < -0.4 is 10.6 Å². The number of amides is 3. The Balaban J connectivity index is 1.94. The van der Waals surface area contributed by atoms with Gasteiger partial charge in [-0.25, -0.2) is 4.79 Å². The molecular weight excluding hydrogens is 334 g/mol. The number of halogens is 1. The van der Waals surface area contributed by atoms with Crippen LogP contribution in [0.1, 0.15) is 5.56 Å². The number of aliphatic hydroxyl groups excluding tert-OH is 1. The van der Waals surface area contributed by atoms with Crippen molar-refractivity contribution in [1.82, 2.24) is 20.4 Å². The first-order valence-electron chi connectivity index (χ1n) is 7.52. The predicted octanol–water partition coefficient (Wildman–Crippen LogP) is -0.0302. The van der Waals surface area contributed by atoms with E-state index in [2.05, 4.69) is 15.6 Å². The number of fused-ring (bicyclic) bond motifs is 1. The normalized spacial score (nSPS) is 24.9. The molecule has 2 fully saturated rings. The summed E-state index contributed by atoms with van der Waals surface area (Å²) in [4.78, 5) is 31.7. The molecule has 128 valence electrons. The van der Waals surface area contributed by atoms with Crippen molar-refractivity contribution in [3.63, 3.8) is 0 Å². The van der Waals surface area contributed by atoms with Gasteiger partial charge in [-0.3, -0.25) is 15.1 Å². The zero-order chi connectivity index (χ0) is 17.3. The number of nitrogens with zero attached hydrogens (tertiary/aromatic N) is 3. The molecule has 2 unspecified atom stereocenters. The highest BCUT2D eigenvalue weighted by atomic mass is 35.5. The van der Waals surface area contributed by atoms with Crippen molar-refractivity contribution in [2.45, 2.75) is 18.8 Å². The van der Waals surface area contributed by atoms with E-state index in [-0.39, 0.29) is 13.2 Å². The minimum Gasteiger partial charge on any atom is -0.394 e. The monoisotopic (exact) mass is 351 g/mol. The summed E-state index contributed by atoms with van der Waals surface area (Å²) < 4.78 is 0. The van der Waals surface area contributed by atoms with Crippen molar-refractivity contribution in [2.75, 3.05) is 20.2 Å². The number of benzene rings is 1. The van der Waals surface area contributed by atoms with Crippen molar-refractivity contribution in [1.29, 1.82) is 0 Å². The Kier molecular flexibility index (Phi) is 4.59. The van der Waals surface area contributed by atoms with E-state index in [1.165, 1.54) is 4.90 Å². The van der Waals surface area contributed by atoms with Gasteiger partial charge in [-0.05, 0) is 11.6 Å². The lowest BCUT2D eigenvalue weighted by atomic mass is 10.1. The van der Waals surface area contributed by atoms with Crippen LogP contribution >= 0.6 is 11.6 Å². The maximum atomic E-state index is 12.4. The fourth-order valence-corrected chi connectivity index (χ4v) is 3.05. The van der Waals surface area contributed by atoms with Gasteiger partial charge in [0.05, 0.1) is 13.2 Å². The second kappa shape index (κ2) is 6.66. The first kappa shape index (κ1) is 16.5. The van der Waals surface area contributed by atoms with Gasteiger partial charge < -0.3 is 20.2 Å². The average Bonchev–Trinajstić information content (AvgIpc) is 2.92. The van der Waals surface area contributed by atoms with Crippen LogP contribution in [-0.4, -0.2) is 65.2 Å². The first-order chi connectivity index (χ1) is 11.5. The van der Waals surface area contributed by atoms with E-state index in [1.807, 2.05) is 18.2 Å². The fraction of sp³-hybridized carbons (Fsp3) is 0.400. The second-order valence-electron chi connectivity index (χ2n) is 5.59. The van der Waals surface area contributed by atoms with Gasteiger partial charge in [-0.15, -0.1) is 0 Å². The van der Waals surface area contributed by atoms with Crippen LogP contribution in [0.4, 0.5) is 4.79 Å². The third-order valence-electron chi connectivity index (χ3n) is 4.08. The fourth-order valence-electron chi connectivity index (χ4n) is 2.86.